The largest absolute Gasteiger partial charge is 0.396 e. The van der Waals surface area contributed by atoms with Gasteiger partial charge in [-0.25, -0.2) is 0 Å². The van der Waals surface area contributed by atoms with Crippen LogP contribution in [0.5, 0.6) is 0 Å². The molecular formula is C8H19NOS. The Morgan fingerprint density at radius 1 is 1.45 bits per heavy atom. The molecule has 3 N–H and O–H groups in total. The SMILES string of the molecule is CCC(N)CSCC(C)CO. The van der Waals surface area contributed by atoms with Crippen LogP contribution in [-0.4, -0.2) is 29.3 Å². The first-order chi connectivity index (χ1) is 5.20. The molecule has 0 saturated heterocycles. The van der Waals surface area contributed by atoms with Gasteiger partial charge >= 0.3 is 0 Å². The molecule has 2 atom stereocenters. The fourth-order valence-electron chi connectivity index (χ4n) is 0.591. The predicted octanol–water partition coefficient (Wildman–Crippen LogP) is 1.09. The number of aliphatic hydroxyl groups excluding tert-OH is 1. The summed E-state index contributed by atoms with van der Waals surface area (Å²) in [5.41, 5.74) is 5.72. The summed E-state index contributed by atoms with van der Waals surface area (Å²) in [5, 5.41) is 8.71. The number of aliphatic hydroxyl groups is 1. The van der Waals surface area contributed by atoms with Gasteiger partial charge in [0.05, 0.1) is 0 Å². The second-order valence-corrected chi connectivity index (χ2v) is 4.07. The zero-order valence-electron chi connectivity index (χ0n) is 7.42. The van der Waals surface area contributed by atoms with Crippen molar-refractivity contribution in [1.82, 2.24) is 0 Å². The van der Waals surface area contributed by atoms with Crippen molar-refractivity contribution < 1.29 is 5.11 Å². The molecule has 3 heteroatoms. The first-order valence-corrected chi connectivity index (χ1v) is 5.30. The summed E-state index contributed by atoms with van der Waals surface area (Å²) in [6.07, 6.45) is 1.04. The number of thioether (sulfide) groups is 1. The van der Waals surface area contributed by atoms with Gasteiger partial charge in [-0.1, -0.05) is 13.8 Å². The van der Waals surface area contributed by atoms with Crippen molar-refractivity contribution >= 4 is 11.8 Å². The van der Waals surface area contributed by atoms with Crippen molar-refractivity contribution in [2.45, 2.75) is 26.3 Å². The van der Waals surface area contributed by atoms with Crippen LogP contribution in [0.2, 0.25) is 0 Å². The standard InChI is InChI=1S/C8H19NOS/c1-3-8(9)6-11-5-7(2)4-10/h7-8,10H,3-6,9H2,1-2H3. The zero-order valence-corrected chi connectivity index (χ0v) is 8.23. The van der Waals surface area contributed by atoms with Crippen molar-refractivity contribution in [3.63, 3.8) is 0 Å². The summed E-state index contributed by atoms with van der Waals surface area (Å²) in [7, 11) is 0. The lowest BCUT2D eigenvalue weighted by Crippen LogP contribution is -2.22. The molecule has 0 amide bonds. The third-order valence-corrected chi connectivity index (χ3v) is 3.04. The average molecular weight is 177 g/mol. The van der Waals surface area contributed by atoms with E-state index in [4.69, 9.17) is 10.8 Å². The highest BCUT2D eigenvalue weighted by Gasteiger charge is 2.02. The van der Waals surface area contributed by atoms with Crippen LogP contribution >= 0.6 is 11.8 Å². The summed E-state index contributed by atoms with van der Waals surface area (Å²) < 4.78 is 0. The van der Waals surface area contributed by atoms with Gasteiger partial charge in [-0.2, -0.15) is 11.8 Å². The minimum absolute atomic E-state index is 0.286. The molecule has 0 saturated carbocycles. The summed E-state index contributed by atoms with van der Waals surface area (Å²) in [5.74, 6) is 2.44. The Morgan fingerprint density at radius 2 is 2.09 bits per heavy atom. The molecular weight excluding hydrogens is 158 g/mol. The Morgan fingerprint density at radius 3 is 2.55 bits per heavy atom. The first-order valence-electron chi connectivity index (χ1n) is 4.14. The fourth-order valence-corrected chi connectivity index (χ4v) is 1.77. The summed E-state index contributed by atoms with van der Waals surface area (Å²) in [6.45, 7) is 4.43. The predicted molar refractivity (Wildman–Crippen MR) is 51.8 cm³/mol. The van der Waals surface area contributed by atoms with Crippen LogP contribution < -0.4 is 5.73 Å². The monoisotopic (exact) mass is 177 g/mol. The van der Waals surface area contributed by atoms with Gasteiger partial charge in [0.25, 0.3) is 0 Å². The van der Waals surface area contributed by atoms with Crippen molar-refractivity contribution in [2.75, 3.05) is 18.1 Å². The molecule has 0 fully saturated rings. The summed E-state index contributed by atoms with van der Waals surface area (Å²) in [6, 6.07) is 0.325. The normalized spacial score (nSPS) is 16.4. The van der Waals surface area contributed by atoms with Crippen molar-refractivity contribution in [1.29, 1.82) is 0 Å². The van der Waals surface area contributed by atoms with Gasteiger partial charge in [-0.3, -0.25) is 0 Å². The Hall–Kier alpha value is 0.270. The van der Waals surface area contributed by atoms with Gasteiger partial charge in [0.15, 0.2) is 0 Å². The van der Waals surface area contributed by atoms with E-state index in [1.807, 2.05) is 18.7 Å². The van der Waals surface area contributed by atoms with Gasteiger partial charge < -0.3 is 10.8 Å². The molecule has 0 aromatic heterocycles. The van der Waals surface area contributed by atoms with E-state index in [-0.39, 0.29) is 6.61 Å². The molecule has 0 bridgehead atoms. The third kappa shape index (κ3) is 6.66. The van der Waals surface area contributed by atoms with Gasteiger partial charge in [-0.05, 0) is 18.1 Å². The molecule has 2 unspecified atom stereocenters. The first kappa shape index (κ1) is 11.3. The van der Waals surface area contributed by atoms with Gasteiger partial charge in [0.1, 0.15) is 0 Å². The lowest BCUT2D eigenvalue weighted by atomic mass is 10.2. The van der Waals surface area contributed by atoms with E-state index >= 15 is 0 Å². The third-order valence-electron chi connectivity index (χ3n) is 1.57. The van der Waals surface area contributed by atoms with Gasteiger partial charge in [0.2, 0.25) is 0 Å². The maximum Gasteiger partial charge on any atom is 0.0464 e. The van der Waals surface area contributed by atoms with E-state index in [0.29, 0.717) is 12.0 Å². The van der Waals surface area contributed by atoms with Crippen LogP contribution in [0.1, 0.15) is 20.3 Å². The molecule has 0 aliphatic rings. The van der Waals surface area contributed by atoms with Gasteiger partial charge in [-0.15, -0.1) is 0 Å². The van der Waals surface area contributed by atoms with Crippen LogP contribution in [0.4, 0.5) is 0 Å². The maximum absolute atomic E-state index is 8.71. The highest BCUT2D eigenvalue weighted by Crippen LogP contribution is 2.09. The van der Waals surface area contributed by atoms with E-state index in [0.717, 1.165) is 17.9 Å². The van der Waals surface area contributed by atoms with E-state index in [9.17, 15) is 0 Å². The molecule has 0 rings (SSSR count). The highest BCUT2D eigenvalue weighted by molar-refractivity contribution is 7.99. The molecule has 0 spiro atoms. The number of nitrogens with two attached hydrogens (primary N) is 1. The van der Waals surface area contributed by atoms with Crippen molar-refractivity contribution in [3.05, 3.63) is 0 Å². The Kier molecular flexibility index (Phi) is 7.12. The van der Waals surface area contributed by atoms with Crippen LogP contribution in [0.25, 0.3) is 0 Å². The molecule has 2 nitrogen and oxygen atoms in total. The molecule has 0 radical (unpaired) electrons. The second-order valence-electron chi connectivity index (χ2n) is 2.99. The Bertz CT molecular complexity index is 80.2. The molecule has 0 heterocycles. The van der Waals surface area contributed by atoms with Crippen LogP contribution in [-0.2, 0) is 0 Å². The van der Waals surface area contributed by atoms with Crippen molar-refractivity contribution in [2.24, 2.45) is 11.7 Å². The lowest BCUT2D eigenvalue weighted by Gasteiger charge is -2.10. The average Bonchev–Trinajstić information content (AvgIpc) is 2.04. The van der Waals surface area contributed by atoms with E-state index in [1.54, 1.807) is 0 Å². The smallest absolute Gasteiger partial charge is 0.0464 e. The maximum atomic E-state index is 8.71. The fraction of sp³-hybridized carbons (Fsp3) is 1.00. The quantitative estimate of drug-likeness (QED) is 0.638. The number of rotatable bonds is 6. The second kappa shape index (κ2) is 6.95. The zero-order chi connectivity index (χ0) is 8.69. The van der Waals surface area contributed by atoms with Crippen LogP contribution in [0.15, 0.2) is 0 Å². The molecule has 0 aliphatic carbocycles. The topological polar surface area (TPSA) is 46.2 Å². The molecule has 0 aliphatic heterocycles. The van der Waals surface area contributed by atoms with E-state index < -0.39 is 0 Å². The summed E-state index contributed by atoms with van der Waals surface area (Å²) in [4.78, 5) is 0. The van der Waals surface area contributed by atoms with Crippen molar-refractivity contribution in [3.8, 4) is 0 Å². The minimum atomic E-state index is 0.286. The molecule has 0 aromatic carbocycles. The van der Waals surface area contributed by atoms with E-state index in [2.05, 4.69) is 6.92 Å². The Balaban J connectivity index is 3.13. The summed E-state index contributed by atoms with van der Waals surface area (Å²) >= 11 is 1.83. The lowest BCUT2D eigenvalue weighted by molar-refractivity contribution is 0.250. The Labute approximate surface area is 73.6 Å². The highest BCUT2D eigenvalue weighted by atomic mass is 32.2. The minimum Gasteiger partial charge on any atom is -0.396 e. The molecule has 68 valence electrons. The molecule has 11 heavy (non-hydrogen) atoms. The van der Waals surface area contributed by atoms with Crippen LogP contribution in [0, 0.1) is 5.92 Å². The number of hydrogen-bond acceptors (Lipinski definition) is 3. The van der Waals surface area contributed by atoms with Crippen LogP contribution in [0.3, 0.4) is 0 Å². The van der Waals surface area contributed by atoms with E-state index in [1.165, 1.54) is 0 Å². The number of hydrogen-bond donors (Lipinski definition) is 2. The molecule has 0 aromatic rings. The van der Waals surface area contributed by atoms with Gasteiger partial charge in [0, 0.05) is 18.4 Å².